The Morgan fingerprint density at radius 2 is 1.69 bits per heavy atom. The van der Waals surface area contributed by atoms with Gasteiger partial charge in [0, 0.05) is 24.6 Å². The minimum Gasteiger partial charge on any atom is -0.484 e. The van der Waals surface area contributed by atoms with Crippen molar-refractivity contribution in [1.82, 2.24) is 9.88 Å². The van der Waals surface area contributed by atoms with Gasteiger partial charge in [-0.3, -0.25) is 9.59 Å². The number of likely N-dealkylation sites (tertiary alicyclic amines) is 1. The van der Waals surface area contributed by atoms with Crippen LogP contribution in [0.3, 0.4) is 0 Å². The largest absolute Gasteiger partial charge is 0.484 e. The maximum absolute atomic E-state index is 12.9. The van der Waals surface area contributed by atoms with Gasteiger partial charge in [-0.2, -0.15) is 0 Å². The van der Waals surface area contributed by atoms with Gasteiger partial charge >= 0.3 is 5.97 Å². The third-order valence-corrected chi connectivity index (χ3v) is 6.64. The first-order valence-electron chi connectivity index (χ1n) is 11.5. The Bertz CT molecular complexity index is 1160. The lowest BCUT2D eigenvalue weighted by Crippen LogP contribution is -2.43. The summed E-state index contributed by atoms with van der Waals surface area (Å²) in [7, 11) is 0. The average Bonchev–Trinajstić information content (AvgIpc) is 3.32. The van der Waals surface area contributed by atoms with E-state index in [9.17, 15) is 14.4 Å². The van der Waals surface area contributed by atoms with Crippen LogP contribution >= 0.6 is 11.3 Å². The Balaban J connectivity index is 1.34. The molecule has 1 aliphatic rings. The Labute approximate surface area is 207 Å². The van der Waals surface area contributed by atoms with E-state index in [-0.39, 0.29) is 30.9 Å². The van der Waals surface area contributed by atoms with Crippen molar-refractivity contribution >= 4 is 34.3 Å². The van der Waals surface area contributed by atoms with Gasteiger partial charge in [0.2, 0.25) is 5.91 Å². The number of nitrogens with zero attached hydrogens (tertiary/aromatic N) is 2. The second-order valence-electron chi connectivity index (χ2n) is 8.03. The number of rotatable bonds is 8. The number of hydrogen-bond donors (Lipinski definition) is 1. The summed E-state index contributed by atoms with van der Waals surface area (Å²) in [6, 6.07) is 18.5. The fourth-order valence-corrected chi connectivity index (χ4v) is 4.74. The van der Waals surface area contributed by atoms with E-state index in [1.165, 1.54) is 0 Å². The van der Waals surface area contributed by atoms with Gasteiger partial charge in [0.15, 0.2) is 11.7 Å². The number of amides is 2. The molecule has 35 heavy (non-hydrogen) atoms. The summed E-state index contributed by atoms with van der Waals surface area (Å²) in [5, 5.41) is 3.22. The molecule has 9 heteroatoms. The van der Waals surface area contributed by atoms with Crippen LogP contribution in [0.25, 0.3) is 11.3 Å². The molecule has 2 aromatic carbocycles. The first-order chi connectivity index (χ1) is 17.0. The van der Waals surface area contributed by atoms with E-state index in [0.717, 1.165) is 16.9 Å². The van der Waals surface area contributed by atoms with Crippen LogP contribution in [0.1, 0.15) is 29.4 Å². The van der Waals surface area contributed by atoms with E-state index >= 15 is 0 Å². The number of benzene rings is 2. The molecule has 0 aliphatic carbocycles. The lowest BCUT2D eigenvalue weighted by atomic mass is 9.96. The lowest BCUT2D eigenvalue weighted by Gasteiger charge is -2.31. The van der Waals surface area contributed by atoms with Crippen molar-refractivity contribution in [3.63, 3.8) is 0 Å². The van der Waals surface area contributed by atoms with E-state index in [1.807, 2.05) is 48.5 Å². The average molecular weight is 494 g/mol. The smallest absolute Gasteiger partial charge is 0.350 e. The van der Waals surface area contributed by atoms with Gasteiger partial charge < -0.3 is 19.7 Å². The predicted molar refractivity (Wildman–Crippen MR) is 133 cm³/mol. The Kier molecular flexibility index (Phi) is 8.10. The number of carbonyl (C=O) groups excluding carboxylic acids is 3. The van der Waals surface area contributed by atoms with Gasteiger partial charge in [-0.05, 0) is 31.9 Å². The van der Waals surface area contributed by atoms with E-state index in [0.29, 0.717) is 47.4 Å². The van der Waals surface area contributed by atoms with Crippen molar-refractivity contribution < 1.29 is 23.9 Å². The number of para-hydroxylation sites is 1. The zero-order valence-electron chi connectivity index (χ0n) is 19.4. The highest BCUT2D eigenvalue weighted by atomic mass is 32.1. The van der Waals surface area contributed by atoms with Gasteiger partial charge in [0.25, 0.3) is 5.91 Å². The molecule has 1 fully saturated rings. The minimum absolute atomic E-state index is 0.0289. The standard InChI is InChI=1S/C26H27N3O5S/c1-2-33-25(32)23-22(18-9-5-3-6-10-18)27-26(35-23)28-24(31)19-13-15-29(16-14-19)21(30)17-34-20-11-7-4-8-12-20/h3-12,19H,2,13-17H2,1H3,(H,27,28,31). The third-order valence-electron chi connectivity index (χ3n) is 5.69. The fraction of sp³-hybridized carbons (Fsp3) is 0.308. The molecule has 0 bridgehead atoms. The highest BCUT2D eigenvalue weighted by Gasteiger charge is 2.29. The van der Waals surface area contributed by atoms with Crippen molar-refractivity contribution in [1.29, 1.82) is 0 Å². The SMILES string of the molecule is CCOC(=O)c1sc(NC(=O)C2CCN(C(=O)COc3ccccc3)CC2)nc1-c1ccccc1. The monoisotopic (exact) mass is 493 g/mol. The molecule has 1 saturated heterocycles. The lowest BCUT2D eigenvalue weighted by molar-refractivity contribution is -0.136. The quantitative estimate of drug-likeness (QED) is 0.472. The van der Waals surface area contributed by atoms with Crippen LogP contribution in [0.5, 0.6) is 5.75 Å². The maximum atomic E-state index is 12.9. The van der Waals surface area contributed by atoms with Crippen LogP contribution in [-0.4, -0.2) is 54.0 Å². The normalized spacial score (nSPS) is 13.8. The highest BCUT2D eigenvalue weighted by molar-refractivity contribution is 7.18. The summed E-state index contributed by atoms with van der Waals surface area (Å²) in [6.45, 7) is 2.93. The first-order valence-corrected chi connectivity index (χ1v) is 12.4. The molecule has 1 aliphatic heterocycles. The first kappa shape index (κ1) is 24.4. The molecule has 1 N–H and O–H groups in total. The molecule has 1 aromatic heterocycles. The van der Waals surface area contributed by atoms with E-state index in [4.69, 9.17) is 9.47 Å². The van der Waals surface area contributed by atoms with Gasteiger partial charge in [-0.1, -0.05) is 59.9 Å². The van der Waals surface area contributed by atoms with Gasteiger partial charge in [-0.15, -0.1) is 0 Å². The number of aromatic nitrogens is 1. The maximum Gasteiger partial charge on any atom is 0.350 e. The van der Waals surface area contributed by atoms with Gasteiger partial charge in [-0.25, -0.2) is 9.78 Å². The molecule has 8 nitrogen and oxygen atoms in total. The van der Waals surface area contributed by atoms with Crippen LogP contribution in [0.15, 0.2) is 60.7 Å². The number of hydrogen-bond acceptors (Lipinski definition) is 7. The number of thiazole rings is 1. The summed E-state index contributed by atoms with van der Waals surface area (Å²) >= 11 is 1.11. The number of carbonyl (C=O) groups is 3. The Morgan fingerprint density at radius 3 is 2.34 bits per heavy atom. The number of piperidine rings is 1. The van der Waals surface area contributed by atoms with Crippen molar-refractivity contribution in [2.75, 3.05) is 31.6 Å². The molecule has 3 aromatic rings. The number of esters is 1. The molecule has 0 radical (unpaired) electrons. The molecular weight excluding hydrogens is 466 g/mol. The second-order valence-corrected chi connectivity index (χ2v) is 9.03. The minimum atomic E-state index is -0.464. The predicted octanol–water partition coefficient (Wildman–Crippen LogP) is 4.24. The molecule has 0 atom stereocenters. The number of anilines is 1. The van der Waals surface area contributed by atoms with E-state index in [1.54, 1.807) is 24.0 Å². The topological polar surface area (TPSA) is 97.8 Å². The van der Waals surface area contributed by atoms with Crippen molar-refractivity contribution in [3.8, 4) is 17.0 Å². The van der Waals surface area contributed by atoms with Crippen LogP contribution in [0, 0.1) is 5.92 Å². The molecule has 2 amide bonds. The fourth-order valence-electron chi connectivity index (χ4n) is 3.85. The van der Waals surface area contributed by atoms with Crippen LogP contribution in [-0.2, 0) is 14.3 Å². The summed E-state index contributed by atoms with van der Waals surface area (Å²) in [6.07, 6.45) is 1.09. The number of nitrogens with one attached hydrogen (secondary N) is 1. The molecule has 0 saturated carbocycles. The Morgan fingerprint density at radius 1 is 1.03 bits per heavy atom. The molecule has 0 spiro atoms. The molecular formula is C26H27N3O5S. The van der Waals surface area contributed by atoms with Gasteiger partial charge in [0.05, 0.1) is 12.3 Å². The number of ether oxygens (including phenoxy) is 2. The summed E-state index contributed by atoms with van der Waals surface area (Å²) in [4.78, 5) is 44.5. The molecule has 182 valence electrons. The van der Waals surface area contributed by atoms with Crippen LogP contribution in [0.2, 0.25) is 0 Å². The zero-order valence-corrected chi connectivity index (χ0v) is 20.3. The van der Waals surface area contributed by atoms with Crippen molar-refractivity contribution in [3.05, 3.63) is 65.5 Å². The van der Waals surface area contributed by atoms with Crippen LogP contribution in [0.4, 0.5) is 5.13 Å². The van der Waals surface area contributed by atoms with E-state index < -0.39 is 5.97 Å². The summed E-state index contributed by atoms with van der Waals surface area (Å²) in [5.74, 6) is -0.325. The highest BCUT2D eigenvalue weighted by Crippen LogP contribution is 2.32. The summed E-state index contributed by atoms with van der Waals surface area (Å²) in [5.41, 5.74) is 1.26. The third kappa shape index (κ3) is 6.24. The summed E-state index contributed by atoms with van der Waals surface area (Å²) < 4.78 is 10.7. The molecule has 4 rings (SSSR count). The van der Waals surface area contributed by atoms with E-state index in [2.05, 4.69) is 10.3 Å². The van der Waals surface area contributed by atoms with Crippen LogP contribution < -0.4 is 10.1 Å². The second kappa shape index (κ2) is 11.6. The Hall–Kier alpha value is -3.72. The molecule has 2 heterocycles. The van der Waals surface area contributed by atoms with Crippen molar-refractivity contribution in [2.24, 2.45) is 5.92 Å². The zero-order chi connectivity index (χ0) is 24.6. The molecule has 0 unspecified atom stereocenters. The van der Waals surface area contributed by atoms with Crippen molar-refractivity contribution in [2.45, 2.75) is 19.8 Å². The van der Waals surface area contributed by atoms with Gasteiger partial charge in [0.1, 0.15) is 10.6 Å².